The number of piperidine rings is 1. The van der Waals surface area contributed by atoms with Crippen molar-refractivity contribution in [3.8, 4) is 0 Å². The van der Waals surface area contributed by atoms with E-state index in [0.717, 1.165) is 12.8 Å². The van der Waals surface area contributed by atoms with Crippen molar-refractivity contribution in [3.05, 3.63) is 33.6 Å². The minimum atomic E-state index is -0.0960. The highest BCUT2D eigenvalue weighted by Gasteiger charge is 2.29. The fourth-order valence-electron chi connectivity index (χ4n) is 3.82. The van der Waals surface area contributed by atoms with Gasteiger partial charge in [-0.25, -0.2) is 4.98 Å². The fraction of sp³-hybridized carbons (Fsp3) is 0.550. The van der Waals surface area contributed by atoms with E-state index >= 15 is 0 Å². The SMILES string of the molecule is CC(C)n1c(SCC(=O)N2[C@H](C)CCC[C@@H]2C)nc2cc(Cl)ccc2c1=O. The molecule has 0 unspecified atom stereocenters. The summed E-state index contributed by atoms with van der Waals surface area (Å²) in [5.41, 5.74) is 0.473. The number of fused-ring (bicyclic) bond motifs is 1. The molecule has 0 bridgehead atoms. The summed E-state index contributed by atoms with van der Waals surface area (Å²) < 4.78 is 1.66. The lowest BCUT2D eigenvalue weighted by atomic mass is 9.98. The summed E-state index contributed by atoms with van der Waals surface area (Å²) in [5, 5.41) is 1.65. The number of carbonyl (C=O) groups is 1. The Morgan fingerprint density at radius 1 is 1.30 bits per heavy atom. The third kappa shape index (κ3) is 4.16. The number of rotatable bonds is 4. The second-order valence-electron chi connectivity index (χ2n) is 7.54. The number of thioether (sulfide) groups is 1. The smallest absolute Gasteiger partial charge is 0.262 e. The first kappa shape index (κ1) is 20.2. The van der Waals surface area contributed by atoms with Crippen molar-refractivity contribution in [1.29, 1.82) is 0 Å². The molecule has 1 aromatic carbocycles. The molecule has 7 heteroatoms. The largest absolute Gasteiger partial charge is 0.337 e. The van der Waals surface area contributed by atoms with E-state index in [1.54, 1.807) is 22.8 Å². The predicted molar refractivity (Wildman–Crippen MR) is 112 cm³/mol. The van der Waals surface area contributed by atoms with Crippen LogP contribution in [0.4, 0.5) is 0 Å². The lowest BCUT2D eigenvalue weighted by Gasteiger charge is -2.39. The van der Waals surface area contributed by atoms with Crippen LogP contribution in [0.25, 0.3) is 10.9 Å². The fourth-order valence-corrected chi connectivity index (χ4v) is 4.99. The summed E-state index contributed by atoms with van der Waals surface area (Å²) in [7, 11) is 0. The van der Waals surface area contributed by atoms with Gasteiger partial charge in [-0.05, 0) is 65.2 Å². The molecule has 0 spiro atoms. The number of likely N-dealkylation sites (tertiary alicyclic amines) is 1. The van der Waals surface area contributed by atoms with Crippen LogP contribution in [0.1, 0.15) is 53.0 Å². The summed E-state index contributed by atoms with van der Waals surface area (Å²) in [4.78, 5) is 32.4. The Labute approximate surface area is 169 Å². The van der Waals surface area contributed by atoms with Gasteiger partial charge in [0, 0.05) is 23.1 Å². The zero-order valence-corrected chi connectivity index (χ0v) is 17.8. The van der Waals surface area contributed by atoms with Crippen LogP contribution in [0.2, 0.25) is 5.02 Å². The van der Waals surface area contributed by atoms with Crippen molar-refractivity contribution in [2.75, 3.05) is 5.75 Å². The maximum absolute atomic E-state index is 12.9. The van der Waals surface area contributed by atoms with Crippen molar-refractivity contribution in [1.82, 2.24) is 14.5 Å². The first-order valence-electron chi connectivity index (χ1n) is 9.45. The Bertz CT molecular complexity index is 902. The van der Waals surface area contributed by atoms with E-state index in [2.05, 4.69) is 18.8 Å². The second kappa shape index (κ2) is 8.23. The summed E-state index contributed by atoms with van der Waals surface area (Å²) in [5.74, 6) is 0.385. The van der Waals surface area contributed by atoms with Crippen LogP contribution in [-0.4, -0.2) is 38.2 Å². The van der Waals surface area contributed by atoms with Crippen LogP contribution >= 0.6 is 23.4 Å². The van der Waals surface area contributed by atoms with Gasteiger partial charge in [0.1, 0.15) is 0 Å². The Morgan fingerprint density at radius 2 is 1.96 bits per heavy atom. The van der Waals surface area contributed by atoms with Gasteiger partial charge in [0.15, 0.2) is 5.16 Å². The van der Waals surface area contributed by atoms with Crippen LogP contribution in [0.5, 0.6) is 0 Å². The number of benzene rings is 1. The molecule has 5 nitrogen and oxygen atoms in total. The van der Waals surface area contributed by atoms with E-state index in [4.69, 9.17) is 11.6 Å². The first-order valence-corrected chi connectivity index (χ1v) is 10.8. The van der Waals surface area contributed by atoms with Crippen molar-refractivity contribution in [2.45, 2.75) is 70.2 Å². The van der Waals surface area contributed by atoms with Gasteiger partial charge in [0.25, 0.3) is 5.56 Å². The van der Waals surface area contributed by atoms with Gasteiger partial charge in [0.05, 0.1) is 16.7 Å². The van der Waals surface area contributed by atoms with Crippen LogP contribution in [0.15, 0.2) is 28.2 Å². The minimum Gasteiger partial charge on any atom is -0.337 e. The highest BCUT2D eigenvalue weighted by atomic mass is 35.5. The number of aromatic nitrogens is 2. The summed E-state index contributed by atoms with van der Waals surface area (Å²) in [6, 6.07) is 5.59. The molecule has 1 amide bonds. The lowest BCUT2D eigenvalue weighted by Crippen LogP contribution is -2.48. The molecule has 0 radical (unpaired) electrons. The number of amides is 1. The van der Waals surface area contributed by atoms with Gasteiger partial charge in [-0.3, -0.25) is 14.2 Å². The van der Waals surface area contributed by atoms with Gasteiger partial charge in [-0.1, -0.05) is 23.4 Å². The molecule has 1 aliphatic heterocycles. The van der Waals surface area contributed by atoms with Gasteiger partial charge in [-0.2, -0.15) is 0 Å². The molecule has 3 rings (SSSR count). The molecule has 1 saturated heterocycles. The summed E-state index contributed by atoms with van der Waals surface area (Å²) >= 11 is 7.40. The Balaban J connectivity index is 1.90. The molecule has 2 atom stereocenters. The number of nitrogens with zero attached hydrogens (tertiary/aromatic N) is 3. The molecule has 0 N–H and O–H groups in total. The van der Waals surface area contributed by atoms with Gasteiger partial charge >= 0.3 is 0 Å². The van der Waals surface area contributed by atoms with Crippen molar-refractivity contribution in [2.24, 2.45) is 0 Å². The Hall–Kier alpha value is -1.53. The topological polar surface area (TPSA) is 55.2 Å². The number of hydrogen-bond donors (Lipinski definition) is 0. The third-order valence-electron chi connectivity index (χ3n) is 5.15. The summed E-state index contributed by atoms with van der Waals surface area (Å²) in [6.45, 7) is 8.12. The van der Waals surface area contributed by atoms with E-state index in [-0.39, 0.29) is 35.3 Å². The third-order valence-corrected chi connectivity index (χ3v) is 6.33. The van der Waals surface area contributed by atoms with E-state index in [1.807, 2.05) is 18.7 Å². The lowest BCUT2D eigenvalue weighted by molar-refractivity contribution is -0.134. The molecule has 146 valence electrons. The maximum atomic E-state index is 12.9. The summed E-state index contributed by atoms with van der Waals surface area (Å²) in [6.07, 6.45) is 3.26. The average Bonchev–Trinajstić information content (AvgIpc) is 2.59. The molecule has 0 aliphatic carbocycles. The second-order valence-corrected chi connectivity index (χ2v) is 8.92. The zero-order valence-electron chi connectivity index (χ0n) is 16.2. The standard InChI is InChI=1S/C20H26ClN3O2S/c1-12(2)23-19(26)16-9-8-15(21)10-17(16)22-20(23)27-11-18(25)24-13(3)6-5-7-14(24)4/h8-10,12-14H,5-7,11H2,1-4H3/t13-,14+. The number of carbonyl (C=O) groups excluding carboxylic acids is 1. The van der Waals surface area contributed by atoms with Gasteiger partial charge in [-0.15, -0.1) is 0 Å². The molecular weight excluding hydrogens is 382 g/mol. The number of halogens is 1. The molecule has 1 aliphatic rings. The molecular formula is C20H26ClN3O2S. The van der Waals surface area contributed by atoms with Crippen molar-refractivity contribution >= 4 is 40.2 Å². The quantitative estimate of drug-likeness (QED) is 0.552. The van der Waals surface area contributed by atoms with E-state index in [9.17, 15) is 9.59 Å². The monoisotopic (exact) mass is 407 g/mol. The van der Waals surface area contributed by atoms with Crippen LogP contribution in [0.3, 0.4) is 0 Å². The molecule has 1 aromatic heterocycles. The van der Waals surface area contributed by atoms with E-state index in [1.165, 1.54) is 18.2 Å². The van der Waals surface area contributed by atoms with Crippen LogP contribution in [-0.2, 0) is 4.79 Å². The maximum Gasteiger partial charge on any atom is 0.262 e. The molecule has 1 fully saturated rings. The first-order chi connectivity index (χ1) is 12.8. The van der Waals surface area contributed by atoms with Crippen LogP contribution in [0, 0.1) is 0 Å². The number of hydrogen-bond acceptors (Lipinski definition) is 4. The van der Waals surface area contributed by atoms with Crippen molar-refractivity contribution in [3.63, 3.8) is 0 Å². The molecule has 2 heterocycles. The zero-order chi connectivity index (χ0) is 19.7. The average molecular weight is 408 g/mol. The molecule has 2 aromatic rings. The molecule has 0 saturated carbocycles. The van der Waals surface area contributed by atoms with Gasteiger partial charge < -0.3 is 4.90 Å². The Kier molecular flexibility index (Phi) is 6.16. The Morgan fingerprint density at radius 3 is 2.59 bits per heavy atom. The van der Waals surface area contributed by atoms with E-state index < -0.39 is 0 Å². The van der Waals surface area contributed by atoms with Gasteiger partial charge in [0.2, 0.25) is 5.91 Å². The van der Waals surface area contributed by atoms with Crippen molar-refractivity contribution < 1.29 is 4.79 Å². The normalized spacial score (nSPS) is 20.4. The highest BCUT2D eigenvalue weighted by Crippen LogP contribution is 2.26. The minimum absolute atomic E-state index is 0.0458. The predicted octanol–water partition coefficient (Wildman–Crippen LogP) is 4.51. The van der Waals surface area contributed by atoms with Crippen LogP contribution < -0.4 is 5.56 Å². The highest BCUT2D eigenvalue weighted by molar-refractivity contribution is 7.99. The van der Waals surface area contributed by atoms with E-state index in [0.29, 0.717) is 21.1 Å². The molecule has 27 heavy (non-hydrogen) atoms.